The normalized spacial score (nSPS) is 15.4. The molecule has 0 aliphatic heterocycles. The van der Waals surface area contributed by atoms with Gasteiger partial charge in [0, 0.05) is 29.9 Å². The molecule has 3 rings (SSSR count). The molecule has 2 aromatic rings. The number of nitrogens with zero attached hydrogens (tertiary/aromatic N) is 2. The maximum Gasteiger partial charge on any atom is 0.416 e. The fourth-order valence-corrected chi connectivity index (χ4v) is 3.27. The number of rotatable bonds is 5. The van der Waals surface area contributed by atoms with Gasteiger partial charge in [-0.25, -0.2) is 4.68 Å². The minimum Gasteiger partial charge on any atom is -0.393 e. The van der Waals surface area contributed by atoms with Crippen LogP contribution in [0.2, 0.25) is 0 Å². The van der Waals surface area contributed by atoms with Gasteiger partial charge in [0.2, 0.25) is 5.91 Å². The molecule has 0 unspecified atom stereocenters. The lowest BCUT2D eigenvalue weighted by Crippen LogP contribution is -2.34. The molecule has 0 saturated heterocycles. The Bertz CT molecular complexity index is 1240. The molecule has 1 amide bonds. The van der Waals surface area contributed by atoms with Crippen molar-refractivity contribution < 1.29 is 18.0 Å². The van der Waals surface area contributed by atoms with Crippen LogP contribution in [0.1, 0.15) is 31.0 Å². The first-order valence-electron chi connectivity index (χ1n) is 9.79. The summed E-state index contributed by atoms with van der Waals surface area (Å²) in [6.45, 7) is 3.07. The van der Waals surface area contributed by atoms with Crippen LogP contribution in [0.5, 0.6) is 0 Å². The number of carbonyl (C=O) groups excluding carboxylic acids is 1. The minimum absolute atomic E-state index is 0.0601. The van der Waals surface area contributed by atoms with Gasteiger partial charge in [0.05, 0.1) is 22.4 Å². The van der Waals surface area contributed by atoms with Crippen LogP contribution in [-0.2, 0) is 17.5 Å². The van der Waals surface area contributed by atoms with Crippen molar-refractivity contribution in [3.05, 3.63) is 75.5 Å². The molecule has 0 spiro atoms. The maximum absolute atomic E-state index is 13.1. The Hall–Kier alpha value is -3.69. The molecule has 0 bridgehead atoms. The van der Waals surface area contributed by atoms with Crippen LogP contribution in [0.4, 0.5) is 13.2 Å². The zero-order valence-corrected chi connectivity index (χ0v) is 17.7. The van der Waals surface area contributed by atoms with E-state index in [0.29, 0.717) is 17.0 Å². The fourth-order valence-electron chi connectivity index (χ4n) is 3.27. The number of carbonyl (C=O) groups is 1. The summed E-state index contributed by atoms with van der Waals surface area (Å²) in [6.07, 6.45) is 1.84. The lowest BCUT2D eigenvalue weighted by atomic mass is 10.0. The van der Waals surface area contributed by atoms with E-state index in [1.54, 1.807) is 39.2 Å². The Labute approximate surface area is 181 Å². The zero-order valence-electron chi connectivity index (χ0n) is 17.7. The van der Waals surface area contributed by atoms with Gasteiger partial charge < -0.3 is 16.0 Å². The lowest BCUT2D eigenvalue weighted by molar-refractivity contribution is -0.137. The molecule has 0 fully saturated rings. The number of nitrogens with one attached hydrogen (secondary N) is 3. The predicted octanol–water partition coefficient (Wildman–Crippen LogP) is 3.23. The van der Waals surface area contributed by atoms with Gasteiger partial charge >= 0.3 is 6.18 Å². The van der Waals surface area contributed by atoms with Crippen LogP contribution in [-0.4, -0.2) is 28.4 Å². The van der Waals surface area contributed by atoms with Crippen molar-refractivity contribution in [3.8, 4) is 0 Å². The second-order valence-electron chi connectivity index (χ2n) is 7.54. The number of halogens is 3. The summed E-state index contributed by atoms with van der Waals surface area (Å²) < 4.78 is 40.3. The first kappa shape index (κ1) is 23.0. The smallest absolute Gasteiger partial charge is 0.393 e. The average Bonchev–Trinajstić information content (AvgIpc) is 2.71. The van der Waals surface area contributed by atoms with E-state index in [0.717, 1.165) is 22.9 Å². The van der Waals surface area contributed by atoms with Gasteiger partial charge in [0.25, 0.3) is 5.56 Å². The number of hydrogen-bond acceptors (Lipinski definition) is 5. The van der Waals surface area contributed by atoms with Crippen LogP contribution in [0.25, 0.3) is 10.8 Å². The molecule has 1 aliphatic rings. The zero-order chi connectivity index (χ0) is 23.6. The fraction of sp³-hybridized carbons (Fsp3) is 0.273. The molecule has 1 heterocycles. The number of amides is 1. The number of alkyl halides is 3. The number of fused-ring (bicyclic) bond motifs is 1. The topological polar surface area (TPSA) is 99.9 Å². The molecule has 32 heavy (non-hydrogen) atoms. The third-order valence-corrected chi connectivity index (χ3v) is 4.79. The summed E-state index contributed by atoms with van der Waals surface area (Å²) >= 11 is 0. The average molecular weight is 445 g/mol. The summed E-state index contributed by atoms with van der Waals surface area (Å²) in [7, 11) is 1.71. The van der Waals surface area contributed by atoms with Gasteiger partial charge in [-0.3, -0.25) is 9.59 Å². The molecule has 1 aromatic carbocycles. The quantitative estimate of drug-likeness (QED) is 0.658. The van der Waals surface area contributed by atoms with E-state index in [4.69, 9.17) is 5.41 Å². The Morgan fingerprint density at radius 1 is 1.25 bits per heavy atom. The van der Waals surface area contributed by atoms with Gasteiger partial charge in [0.15, 0.2) is 0 Å². The Morgan fingerprint density at radius 3 is 2.56 bits per heavy atom. The van der Waals surface area contributed by atoms with Crippen molar-refractivity contribution in [2.75, 3.05) is 7.05 Å². The highest BCUT2D eigenvalue weighted by Crippen LogP contribution is 2.32. The summed E-state index contributed by atoms with van der Waals surface area (Å²) in [5, 5.41) is 17.8. The Kier molecular flexibility index (Phi) is 6.33. The van der Waals surface area contributed by atoms with E-state index in [1.165, 1.54) is 6.08 Å². The van der Waals surface area contributed by atoms with Crippen LogP contribution < -0.4 is 16.2 Å². The molecule has 168 valence electrons. The highest BCUT2D eigenvalue weighted by atomic mass is 19.4. The lowest BCUT2D eigenvalue weighted by Gasteiger charge is -2.16. The van der Waals surface area contributed by atoms with Crippen LogP contribution in [0, 0.1) is 5.41 Å². The third kappa shape index (κ3) is 4.79. The van der Waals surface area contributed by atoms with E-state index < -0.39 is 29.8 Å². The van der Waals surface area contributed by atoms with Gasteiger partial charge in [0.1, 0.15) is 6.54 Å². The van der Waals surface area contributed by atoms with E-state index in [1.807, 2.05) is 0 Å². The molecule has 0 atom stereocenters. The van der Waals surface area contributed by atoms with Crippen LogP contribution >= 0.6 is 0 Å². The van der Waals surface area contributed by atoms with Crippen molar-refractivity contribution in [2.45, 2.75) is 32.5 Å². The van der Waals surface area contributed by atoms with E-state index in [9.17, 15) is 22.8 Å². The SMILES string of the molecule is CN/C=C1/C=CC(NC(=O)Cn2nc(C(C)C)c3cc(C(F)(F)F)ccc3c2=O)=CC1=N. The predicted molar refractivity (Wildman–Crippen MR) is 115 cm³/mol. The number of aromatic nitrogens is 2. The number of hydrogen-bond donors (Lipinski definition) is 3. The largest absolute Gasteiger partial charge is 0.416 e. The van der Waals surface area contributed by atoms with E-state index >= 15 is 0 Å². The molecule has 0 saturated carbocycles. The molecule has 1 aromatic heterocycles. The molecule has 1 aliphatic carbocycles. The maximum atomic E-state index is 13.1. The Morgan fingerprint density at radius 2 is 1.97 bits per heavy atom. The van der Waals surface area contributed by atoms with Crippen LogP contribution in [0.3, 0.4) is 0 Å². The second-order valence-corrected chi connectivity index (χ2v) is 7.54. The molecular weight excluding hydrogens is 423 g/mol. The number of allylic oxidation sites excluding steroid dienone is 4. The molecule has 7 nitrogen and oxygen atoms in total. The number of benzene rings is 1. The molecule has 10 heteroatoms. The summed E-state index contributed by atoms with van der Waals surface area (Å²) in [6, 6.07) is 2.88. The van der Waals surface area contributed by atoms with Crippen LogP contribution in [0.15, 0.2) is 58.7 Å². The molecular formula is C22H22F3N5O2. The monoisotopic (exact) mass is 445 g/mol. The van der Waals surface area contributed by atoms with Gasteiger partial charge in [-0.1, -0.05) is 13.8 Å². The highest BCUT2D eigenvalue weighted by Gasteiger charge is 2.31. The molecule has 3 N–H and O–H groups in total. The third-order valence-electron chi connectivity index (χ3n) is 4.79. The van der Waals surface area contributed by atoms with Crippen molar-refractivity contribution in [1.82, 2.24) is 20.4 Å². The van der Waals surface area contributed by atoms with E-state index in [-0.39, 0.29) is 22.4 Å². The van der Waals surface area contributed by atoms with Crippen molar-refractivity contribution in [3.63, 3.8) is 0 Å². The summed E-state index contributed by atoms with van der Waals surface area (Å²) in [5.74, 6) is -0.831. The first-order valence-corrected chi connectivity index (χ1v) is 9.79. The van der Waals surface area contributed by atoms with Crippen molar-refractivity contribution >= 4 is 22.4 Å². The minimum atomic E-state index is -4.55. The Balaban J connectivity index is 1.92. The van der Waals surface area contributed by atoms with Crippen molar-refractivity contribution in [1.29, 1.82) is 5.41 Å². The summed E-state index contributed by atoms with van der Waals surface area (Å²) in [4.78, 5) is 25.3. The summed E-state index contributed by atoms with van der Waals surface area (Å²) in [5.41, 5.74) is -0.0273. The highest BCUT2D eigenvalue weighted by molar-refractivity contribution is 6.10. The van der Waals surface area contributed by atoms with Gasteiger partial charge in [-0.05, 0) is 42.3 Å². The molecule has 0 radical (unpaired) electrons. The second kappa shape index (κ2) is 8.81. The van der Waals surface area contributed by atoms with Gasteiger partial charge in [-0.2, -0.15) is 18.3 Å². The standard InChI is InChI=1S/C22H22F3N5O2/c1-12(2)20-17-8-14(22(23,24)25)5-7-16(17)21(32)30(29-20)11-19(31)28-15-6-4-13(10-27-3)18(26)9-15/h4-10,12,26-27H,11H2,1-3H3,(H,28,31)/b13-10-,26-18?. The van der Waals surface area contributed by atoms with Gasteiger partial charge in [-0.15, -0.1) is 0 Å². The van der Waals surface area contributed by atoms with E-state index in [2.05, 4.69) is 15.7 Å². The van der Waals surface area contributed by atoms with Crippen molar-refractivity contribution in [2.24, 2.45) is 0 Å². The first-order chi connectivity index (χ1) is 15.0.